The molecule has 0 saturated heterocycles. The number of hydrogen-bond acceptors (Lipinski definition) is 8. The Kier molecular flexibility index (Phi) is 6.49. The molecular formula is C24H17N3O8. The monoisotopic (exact) mass is 475 g/mol. The number of imide groups is 1. The zero-order valence-electron chi connectivity index (χ0n) is 18.0. The summed E-state index contributed by atoms with van der Waals surface area (Å²) in [4.78, 5) is 60.1. The minimum Gasteiger partial charge on any atom is -0.457 e. The van der Waals surface area contributed by atoms with Crippen molar-refractivity contribution in [1.82, 2.24) is 4.90 Å². The van der Waals surface area contributed by atoms with Crippen LogP contribution in [0.3, 0.4) is 0 Å². The molecule has 0 aromatic heterocycles. The summed E-state index contributed by atoms with van der Waals surface area (Å²) in [7, 11) is 0. The van der Waals surface area contributed by atoms with Crippen LogP contribution in [0.4, 0.5) is 11.4 Å². The molecule has 3 aromatic carbocycles. The average molecular weight is 475 g/mol. The van der Waals surface area contributed by atoms with E-state index < -0.39 is 47.5 Å². The van der Waals surface area contributed by atoms with Gasteiger partial charge in [0.25, 0.3) is 23.4 Å². The molecule has 1 heterocycles. The Bertz CT molecular complexity index is 1320. The summed E-state index contributed by atoms with van der Waals surface area (Å²) in [6.07, 6.45) is 0. The predicted molar refractivity (Wildman–Crippen MR) is 121 cm³/mol. The summed E-state index contributed by atoms with van der Waals surface area (Å²) < 4.78 is 10.5. The molecule has 0 unspecified atom stereocenters. The van der Waals surface area contributed by atoms with Crippen molar-refractivity contribution in [2.24, 2.45) is 0 Å². The fourth-order valence-electron chi connectivity index (χ4n) is 3.36. The molecule has 1 aliphatic heterocycles. The molecule has 0 radical (unpaired) electrons. The van der Waals surface area contributed by atoms with Crippen molar-refractivity contribution in [2.45, 2.75) is 0 Å². The van der Waals surface area contributed by atoms with Gasteiger partial charge in [0.05, 0.1) is 10.5 Å². The van der Waals surface area contributed by atoms with E-state index in [0.29, 0.717) is 22.1 Å². The number of nitro benzene ring substituents is 1. The van der Waals surface area contributed by atoms with E-state index in [0.717, 1.165) is 6.07 Å². The molecular weight excluding hydrogens is 458 g/mol. The third kappa shape index (κ3) is 5.14. The minimum atomic E-state index is -1.02. The van der Waals surface area contributed by atoms with Crippen molar-refractivity contribution in [3.05, 3.63) is 94.0 Å². The molecule has 0 spiro atoms. The molecule has 0 saturated carbocycles. The lowest BCUT2D eigenvalue weighted by Crippen LogP contribution is -2.36. The number of hydrogen-bond donors (Lipinski definition) is 1. The highest BCUT2D eigenvalue weighted by Crippen LogP contribution is 2.30. The van der Waals surface area contributed by atoms with E-state index in [-0.39, 0.29) is 11.1 Å². The van der Waals surface area contributed by atoms with Gasteiger partial charge in [-0.05, 0) is 42.5 Å². The smallest absolute Gasteiger partial charge is 0.326 e. The van der Waals surface area contributed by atoms with Crippen molar-refractivity contribution in [1.29, 1.82) is 0 Å². The first-order valence-corrected chi connectivity index (χ1v) is 10.3. The largest absolute Gasteiger partial charge is 0.457 e. The zero-order valence-corrected chi connectivity index (χ0v) is 18.0. The first-order valence-electron chi connectivity index (χ1n) is 10.3. The van der Waals surface area contributed by atoms with Crippen LogP contribution in [0, 0.1) is 10.1 Å². The number of ether oxygens (including phenoxy) is 2. The number of rotatable bonds is 8. The maximum absolute atomic E-state index is 12.5. The lowest BCUT2D eigenvalue weighted by atomic mass is 10.1. The number of anilines is 1. The number of carbonyl (C=O) groups excluding carboxylic acids is 4. The summed E-state index contributed by atoms with van der Waals surface area (Å²) in [5.41, 5.74) is -0.655. The Labute approximate surface area is 198 Å². The van der Waals surface area contributed by atoms with Gasteiger partial charge in [-0.2, -0.15) is 0 Å². The fourth-order valence-corrected chi connectivity index (χ4v) is 3.36. The van der Waals surface area contributed by atoms with Gasteiger partial charge in [0.15, 0.2) is 6.61 Å². The number of benzene rings is 3. The van der Waals surface area contributed by atoms with Crippen LogP contribution in [0.5, 0.6) is 11.5 Å². The van der Waals surface area contributed by atoms with E-state index in [1.807, 2.05) is 18.2 Å². The molecule has 0 fully saturated rings. The van der Waals surface area contributed by atoms with E-state index in [1.165, 1.54) is 12.1 Å². The van der Waals surface area contributed by atoms with Gasteiger partial charge >= 0.3 is 5.97 Å². The Balaban J connectivity index is 1.28. The molecule has 11 heteroatoms. The third-order valence-corrected chi connectivity index (χ3v) is 4.94. The van der Waals surface area contributed by atoms with Crippen molar-refractivity contribution in [3.63, 3.8) is 0 Å². The molecule has 35 heavy (non-hydrogen) atoms. The van der Waals surface area contributed by atoms with Crippen LogP contribution in [0.2, 0.25) is 0 Å². The number of fused-ring (bicyclic) bond motifs is 1. The fraction of sp³-hybridized carbons (Fsp3) is 0.0833. The lowest BCUT2D eigenvalue weighted by molar-refractivity contribution is -0.385. The van der Waals surface area contributed by atoms with Crippen molar-refractivity contribution < 1.29 is 33.6 Å². The third-order valence-electron chi connectivity index (χ3n) is 4.94. The number of nitro groups is 1. The summed E-state index contributed by atoms with van der Waals surface area (Å²) in [6, 6.07) is 19.3. The molecule has 11 nitrogen and oxygen atoms in total. The van der Waals surface area contributed by atoms with Gasteiger partial charge in [-0.15, -0.1) is 0 Å². The standard InChI is InChI=1S/C24H17N3O8/c28-20(25-15-9-11-17(12-10-15)35-16-5-2-1-3-6-16)14-34-21(29)13-26-23(30)18-7-4-8-19(27(32)33)22(18)24(26)31/h1-12H,13-14H2,(H,25,28). The Morgan fingerprint density at radius 1 is 0.886 bits per heavy atom. The highest BCUT2D eigenvalue weighted by Gasteiger charge is 2.41. The second kappa shape index (κ2) is 9.83. The van der Waals surface area contributed by atoms with Crippen LogP contribution in [0.1, 0.15) is 20.7 Å². The van der Waals surface area contributed by atoms with Crippen LogP contribution >= 0.6 is 0 Å². The first kappa shape index (κ1) is 23.1. The van der Waals surface area contributed by atoms with Crippen LogP contribution < -0.4 is 10.1 Å². The van der Waals surface area contributed by atoms with Gasteiger partial charge in [-0.3, -0.25) is 34.2 Å². The highest BCUT2D eigenvalue weighted by atomic mass is 16.6. The molecule has 3 aromatic rings. The topological polar surface area (TPSA) is 145 Å². The van der Waals surface area contributed by atoms with E-state index >= 15 is 0 Å². The molecule has 1 aliphatic rings. The normalized spacial score (nSPS) is 12.2. The van der Waals surface area contributed by atoms with Gasteiger partial charge in [-0.25, -0.2) is 0 Å². The maximum atomic E-state index is 12.5. The first-order chi connectivity index (χ1) is 16.8. The maximum Gasteiger partial charge on any atom is 0.326 e. The second-order valence-corrected chi connectivity index (χ2v) is 7.30. The molecule has 1 N–H and O–H groups in total. The van der Waals surface area contributed by atoms with E-state index in [1.54, 1.807) is 36.4 Å². The molecule has 0 atom stereocenters. The minimum absolute atomic E-state index is 0.172. The van der Waals surface area contributed by atoms with Crippen molar-refractivity contribution >= 4 is 35.1 Å². The number of nitrogens with one attached hydrogen (secondary N) is 1. The second-order valence-electron chi connectivity index (χ2n) is 7.30. The van der Waals surface area contributed by atoms with Crippen LogP contribution in [0.25, 0.3) is 0 Å². The quantitative estimate of drug-likeness (QED) is 0.226. The Hall–Kier alpha value is -5.06. The molecule has 0 bridgehead atoms. The number of nitrogens with zero attached hydrogens (tertiary/aromatic N) is 2. The molecule has 4 rings (SSSR count). The average Bonchev–Trinajstić information content (AvgIpc) is 3.09. The van der Waals surface area contributed by atoms with Gasteiger partial charge in [-0.1, -0.05) is 24.3 Å². The Morgan fingerprint density at radius 2 is 1.57 bits per heavy atom. The number of esters is 1. The van der Waals surface area contributed by atoms with Gasteiger partial charge < -0.3 is 14.8 Å². The molecule has 3 amide bonds. The SMILES string of the molecule is O=C(COC(=O)CN1C(=O)c2cccc([N+](=O)[O-])c2C1=O)Nc1ccc(Oc2ccccc2)cc1. The number of para-hydroxylation sites is 1. The van der Waals surface area contributed by atoms with E-state index in [9.17, 15) is 29.3 Å². The van der Waals surface area contributed by atoms with Crippen LogP contribution in [0.15, 0.2) is 72.8 Å². The van der Waals surface area contributed by atoms with E-state index in [2.05, 4.69) is 5.32 Å². The molecule has 0 aliphatic carbocycles. The summed E-state index contributed by atoms with van der Waals surface area (Å²) in [6.45, 7) is -1.45. The van der Waals surface area contributed by atoms with Crippen LogP contribution in [-0.2, 0) is 14.3 Å². The zero-order chi connectivity index (χ0) is 24.9. The number of carbonyl (C=O) groups is 4. The van der Waals surface area contributed by atoms with Gasteiger partial charge in [0.1, 0.15) is 23.6 Å². The highest BCUT2D eigenvalue weighted by molar-refractivity contribution is 6.24. The number of amides is 3. The summed E-state index contributed by atoms with van der Waals surface area (Å²) in [5.74, 6) is -2.29. The van der Waals surface area contributed by atoms with Crippen molar-refractivity contribution in [2.75, 3.05) is 18.5 Å². The summed E-state index contributed by atoms with van der Waals surface area (Å²) >= 11 is 0. The van der Waals surface area contributed by atoms with Gasteiger partial charge in [0.2, 0.25) is 0 Å². The van der Waals surface area contributed by atoms with Crippen LogP contribution in [-0.4, -0.2) is 46.7 Å². The molecule has 176 valence electrons. The van der Waals surface area contributed by atoms with Gasteiger partial charge in [0, 0.05) is 11.8 Å². The van der Waals surface area contributed by atoms with E-state index in [4.69, 9.17) is 9.47 Å². The Morgan fingerprint density at radius 3 is 2.26 bits per heavy atom. The lowest BCUT2D eigenvalue weighted by Gasteiger charge is -2.13. The van der Waals surface area contributed by atoms with Crippen molar-refractivity contribution in [3.8, 4) is 11.5 Å². The predicted octanol–water partition coefficient (Wildman–Crippen LogP) is 3.17. The summed E-state index contributed by atoms with van der Waals surface area (Å²) in [5, 5.41) is 13.7.